The summed E-state index contributed by atoms with van der Waals surface area (Å²) in [6.07, 6.45) is 4.19. The van der Waals surface area contributed by atoms with Gasteiger partial charge in [0.15, 0.2) is 0 Å². The maximum Gasteiger partial charge on any atom is 0.412 e. The zero-order valence-electron chi connectivity index (χ0n) is 57.7. The molecule has 1 radical (unpaired) electrons. The van der Waals surface area contributed by atoms with Gasteiger partial charge in [0.05, 0.1) is 59.1 Å². The number of nitrogens with zero attached hydrogens (tertiary/aromatic N) is 12. The normalized spacial score (nSPS) is 9.10. The van der Waals surface area contributed by atoms with Crippen molar-refractivity contribution in [2.24, 2.45) is 20.5 Å². The van der Waals surface area contributed by atoms with E-state index in [9.17, 15) is 28.8 Å². The number of nitrogens with two attached hydrogens (primary N) is 2. The molecule has 29 nitrogen and oxygen atoms in total. The number of anilines is 5. The van der Waals surface area contributed by atoms with E-state index in [4.69, 9.17) is 63.1 Å². The molecule has 96 heavy (non-hydrogen) atoms. The fourth-order valence-corrected chi connectivity index (χ4v) is 5.89. The second-order valence-electron chi connectivity index (χ2n) is 20.8. The monoisotopic (exact) mass is 1540 g/mol. The number of aryl methyl sites for hydroxylation is 2. The van der Waals surface area contributed by atoms with Crippen LogP contribution in [0.15, 0.2) is 122 Å². The number of hydrogen-bond donors (Lipinski definition) is 8. The first-order valence-electron chi connectivity index (χ1n) is 29.6. The van der Waals surface area contributed by atoms with Gasteiger partial charge in [-0.1, -0.05) is 153 Å². The first-order valence-corrected chi connectivity index (χ1v) is 31.5. The van der Waals surface area contributed by atoms with E-state index in [0.29, 0.717) is 39.5 Å². The first-order chi connectivity index (χ1) is 44.6. The van der Waals surface area contributed by atoms with Crippen LogP contribution < -0.4 is 32.2 Å². The van der Waals surface area contributed by atoms with E-state index in [1.807, 2.05) is 13.0 Å². The molecule has 0 aliphatic rings. The van der Waals surface area contributed by atoms with E-state index in [1.54, 1.807) is 71.9 Å². The summed E-state index contributed by atoms with van der Waals surface area (Å²) in [5.74, 6) is -2.98. The van der Waals surface area contributed by atoms with Crippen molar-refractivity contribution in [3.63, 3.8) is 0 Å². The van der Waals surface area contributed by atoms with Gasteiger partial charge < -0.3 is 46.3 Å². The van der Waals surface area contributed by atoms with Crippen molar-refractivity contribution >= 4 is 108 Å². The first kappa shape index (κ1) is 98.3. The number of hydrogen-bond acceptors (Lipinski definition) is 15. The van der Waals surface area contributed by atoms with Gasteiger partial charge in [-0.2, -0.15) is 35.4 Å². The van der Waals surface area contributed by atoms with Crippen LogP contribution in [0.5, 0.6) is 5.75 Å². The van der Waals surface area contributed by atoms with Gasteiger partial charge in [0.1, 0.15) is 17.0 Å². The smallest absolute Gasteiger partial charge is 0.412 e. The quantitative estimate of drug-likeness (QED) is 0.00866. The van der Waals surface area contributed by atoms with Crippen LogP contribution in [0.25, 0.3) is 41.8 Å². The molecule has 0 aromatic heterocycles. The average Bonchev–Trinajstić information content (AvgIpc) is 1.33. The fourth-order valence-electron chi connectivity index (χ4n) is 5.17. The summed E-state index contributed by atoms with van der Waals surface area (Å²) in [5.41, 5.74) is 48.4. The number of carbonyl (C=O) groups is 6. The molecule has 32 heteroatoms. The number of carboxylic acids is 3. The standard InChI is InChI=1S/C11H15BrN2O2.C11H15N5O2.C10H10N4O3.C9H8N6O3.C8H9.C3H5BrO2.4C3H8.Y/c1-11(2,3)16-10(15)14-9-5-4-7(12)6-8(9)13;1-11(2,3)18-10(17)14-9-5-4-7(15-16-13)6-8(9)12;11-14-12-6-5-9(15)13-8-3-1-7(2-4-8)10(16)17;10-14-12-3-4-18-8-2-1-6(9(16)17)5-7(8)13-15-11;1-7-3-5-8(2)6-4-7;4-2-1-3(5)6;4*1-3-2;/h4-6H,13H2,1-3H3,(H,14,15);4-6H,12H2,1-3H3,(H,14,17);1-4H,5-6H2,(H,13,15)(H,16,17);1-2,5H,3-4H2,(H,16,17);3-5H,1-2H3;1-2H2,(H,5,6);4*3H2,1-2H3;/q;;;;-1;;;;;;. The van der Waals surface area contributed by atoms with Crippen LogP contribution in [0.2, 0.25) is 0 Å². The van der Waals surface area contributed by atoms with Crippen molar-refractivity contribution in [3.05, 3.63) is 172 Å². The molecule has 0 aliphatic carbocycles. The molecule has 0 bridgehead atoms. The zero-order chi connectivity index (χ0) is 74.0. The molecule has 0 spiro atoms. The molecule has 0 unspecified atom stereocenters. The van der Waals surface area contributed by atoms with Crippen LogP contribution in [-0.2, 0) is 51.8 Å². The van der Waals surface area contributed by atoms with Gasteiger partial charge in [-0.15, -0.1) is 0 Å². The Kier molecular flexibility index (Phi) is 62.6. The Bertz CT molecular complexity index is 3210. The number of carbonyl (C=O) groups excluding carboxylic acids is 3. The average molecular weight is 1540 g/mol. The Balaban J connectivity index is -0.000000250. The van der Waals surface area contributed by atoms with Gasteiger partial charge in [0.2, 0.25) is 5.91 Å². The van der Waals surface area contributed by atoms with Crippen molar-refractivity contribution < 1.29 is 91.0 Å². The second-order valence-corrected chi connectivity index (χ2v) is 22.5. The van der Waals surface area contributed by atoms with E-state index in [2.05, 4.69) is 168 Å². The molecule has 0 fully saturated rings. The molecule has 0 aliphatic heterocycles. The van der Waals surface area contributed by atoms with Crippen LogP contribution >= 0.6 is 31.9 Å². The summed E-state index contributed by atoms with van der Waals surface area (Å²) in [6.45, 7) is 32.1. The number of aromatic carboxylic acids is 2. The van der Waals surface area contributed by atoms with Crippen molar-refractivity contribution in [1.29, 1.82) is 0 Å². The van der Waals surface area contributed by atoms with Crippen molar-refractivity contribution in [3.8, 4) is 5.75 Å². The van der Waals surface area contributed by atoms with Crippen molar-refractivity contribution in [2.45, 2.75) is 161 Å². The summed E-state index contributed by atoms with van der Waals surface area (Å²) in [4.78, 5) is 75.5. The van der Waals surface area contributed by atoms with E-state index in [-0.39, 0.29) is 93.7 Å². The van der Waals surface area contributed by atoms with Gasteiger partial charge in [-0.05, 0) is 136 Å². The molecule has 5 aromatic rings. The number of rotatable bonds is 16. The number of aliphatic carboxylic acids is 1. The van der Waals surface area contributed by atoms with Gasteiger partial charge in [-0.25, -0.2) is 19.2 Å². The SMILES string of the molecule is CC(C)(C)OC(=O)Nc1ccc(Br)cc1N.CC(C)(C)OC(=O)Nc1ccc(N=[N+]=[N-])cc1N.CCC.CCC.CCC.CCC.Cc1[c-]cc(C)cc1.O=C(O)CCBr.[N-]=[N+]=NCCC(=O)Nc1ccc(C(=O)O)cc1.[N-]=[N+]=NCCOc1ccc(C(=O)O)cc1N=[N+]=[N-].[Y]. The molecule has 5 rings (SSSR count). The van der Waals surface area contributed by atoms with Crippen LogP contribution in [-0.4, -0.2) is 87.5 Å². The zero-order valence-corrected chi connectivity index (χ0v) is 63.7. The minimum Gasteiger partial charge on any atom is -0.493 e. The number of ether oxygens (including phenoxy) is 3. The van der Waals surface area contributed by atoms with Crippen molar-refractivity contribution in [2.75, 3.05) is 52.4 Å². The molecule has 10 N–H and O–H groups in total. The predicted octanol–water partition coefficient (Wildman–Crippen LogP) is 20.6. The number of halogens is 2. The number of nitrogens with one attached hydrogen (secondary N) is 3. The number of carboxylic acid groups (broad SMARTS) is 3. The van der Waals surface area contributed by atoms with Gasteiger partial charge in [0.25, 0.3) is 0 Å². The van der Waals surface area contributed by atoms with Crippen LogP contribution in [0.1, 0.15) is 167 Å². The third-order valence-electron chi connectivity index (χ3n) is 8.70. The van der Waals surface area contributed by atoms with Gasteiger partial charge >= 0.3 is 30.1 Å². The van der Waals surface area contributed by atoms with E-state index in [0.717, 1.165) is 4.47 Å². The van der Waals surface area contributed by atoms with E-state index < -0.39 is 41.3 Å². The number of alkyl halides is 1. The minimum absolute atomic E-state index is 0. The van der Waals surface area contributed by atoms with Gasteiger partial charge in [0, 0.05) is 86.5 Å². The molecule has 0 saturated heterocycles. The fraction of sp³-hybridized carbons (Fsp3) is 0.438. The Morgan fingerprint density at radius 1 is 0.583 bits per heavy atom. The summed E-state index contributed by atoms with van der Waals surface area (Å²) < 4.78 is 16.3. The molecule has 5 aromatic carbocycles. The third kappa shape index (κ3) is 60.2. The van der Waals surface area contributed by atoms with Crippen LogP contribution in [0, 0.1) is 19.9 Å². The van der Waals surface area contributed by atoms with Gasteiger partial charge in [-0.3, -0.25) is 20.2 Å². The molecule has 3 amide bonds. The number of nitrogen functional groups attached to an aromatic ring is 2. The van der Waals surface area contributed by atoms with Crippen molar-refractivity contribution in [1.82, 2.24) is 0 Å². The Morgan fingerprint density at radius 3 is 1.42 bits per heavy atom. The topological polar surface area (TPSA) is 474 Å². The maximum absolute atomic E-state index is 11.5. The third-order valence-corrected chi connectivity index (χ3v) is 9.59. The maximum atomic E-state index is 11.5. The molecular formula is C64H94Br2N17O12Y-. The number of benzene rings is 5. The van der Waals surface area contributed by atoms with Crippen LogP contribution in [0.4, 0.5) is 49.4 Å². The number of azide groups is 4. The minimum atomic E-state index is -1.13. The number of amides is 3. The molecule has 0 heterocycles. The Morgan fingerprint density at radius 2 is 1.04 bits per heavy atom. The Labute approximate surface area is 605 Å². The predicted molar refractivity (Wildman–Crippen MR) is 385 cm³/mol. The molecule has 0 saturated carbocycles. The summed E-state index contributed by atoms with van der Waals surface area (Å²) in [7, 11) is 0. The largest absolute Gasteiger partial charge is 0.493 e. The van der Waals surface area contributed by atoms with Crippen LogP contribution in [0.3, 0.4) is 0 Å². The van der Waals surface area contributed by atoms with E-state index >= 15 is 0 Å². The summed E-state index contributed by atoms with van der Waals surface area (Å²) >= 11 is 6.26. The summed E-state index contributed by atoms with van der Waals surface area (Å²) in [5, 5.41) is 46.8. The Hall–Kier alpha value is -8.78. The molecule has 525 valence electrons. The second kappa shape index (κ2) is 61.1. The van der Waals surface area contributed by atoms with E-state index in [1.165, 1.54) is 85.3 Å². The molecular weight excluding hydrogens is 1450 g/mol. The summed E-state index contributed by atoms with van der Waals surface area (Å²) in [6, 6.07) is 28.7. The molecule has 0 atom stereocenters.